The van der Waals surface area contributed by atoms with Crippen molar-refractivity contribution in [3.05, 3.63) is 94.5 Å². The Morgan fingerprint density at radius 1 is 0.968 bits per heavy atom. The molecular formula is C23H23ClN2O4S. The van der Waals surface area contributed by atoms with Crippen LogP contribution in [0.3, 0.4) is 0 Å². The van der Waals surface area contributed by atoms with Crippen molar-refractivity contribution in [1.82, 2.24) is 9.62 Å². The number of amides is 1. The van der Waals surface area contributed by atoms with Crippen LogP contribution in [0.25, 0.3) is 0 Å². The summed E-state index contributed by atoms with van der Waals surface area (Å²) in [5, 5.41) is 2.95. The molecule has 0 radical (unpaired) electrons. The Bertz CT molecular complexity index is 1150. The molecule has 0 atom stereocenters. The summed E-state index contributed by atoms with van der Waals surface area (Å²) in [6.07, 6.45) is 0. The van der Waals surface area contributed by atoms with Crippen LogP contribution in [0, 0.1) is 0 Å². The molecule has 6 nitrogen and oxygen atoms in total. The van der Waals surface area contributed by atoms with Gasteiger partial charge in [-0.25, -0.2) is 12.7 Å². The lowest BCUT2D eigenvalue weighted by molar-refractivity contribution is 0.0951. The molecule has 0 aromatic heterocycles. The van der Waals surface area contributed by atoms with E-state index >= 15 is 0 Å². The molecule has 0 fully saturated rings. The smallest absolute Gasteiger partial charge is 0.253 e. The number of carbonyl (C=O) groups is 1. The number of ether oxygens (including phenoxy) is 1. The molecule has 3 aromatic rings. The number of nitrogens with zero attached hydrogens (tertiary/aromatic N) is 1. The molecule has 3 aromatic carbocycles. The zero-order valence-electron chi connectivity index (χ0n) is 17.2. The van der Waals surface area contributed by atoms with Crippen molar-refractivity contribution in [2.45, 2.75) is 18.0 Å². The van der Waals surface area contributed by atoms with Crippen LogP contribution in [0.1, 0.15) is 21.5 Å². The summed E-state index contributed by atoms with van der Waals surface area (Å²) in [5.74, 6) is 0.272. The minimum Gasteiger partial charge on any atom is -0.489 e. The fourth-order valence-electron chi connectivity index (χ4n) is 2.77. The maximum atomic E-state index is 12.6. The number of benzene rings is 3. The monoisotopic (exact) mass is 458 g/mol. The second-order valence-corrected chi connectivity index (χ2v) is 9.59. The van der Waals surface area contributed by atoms with E-state index in [0.29, 0.717) is 6.61 Å². The van der Waals surface area contributed by atoms with E-state index in [4.69, 9.17) is 16.3 Å². The van der Waals surface area contributed by atoms with Gasteiger partial charge in [0.15, 0.2) is 0 Å². The number of hydrogen-bond donors (Lipinski definition) is 1. The minimum atomic E-state index is -3.67. The molecule has 1 N–H and O–H groups in total. The van der Waals surface area contributed by atoms with Crippen LogP contribution in [-0.2, 0) is 23.2 Å². The lowest BCUT2D eigenvalue weighted by Gasteiger charge is -2.13. The Labute approximate surface area is 187 Å². The van der Waals surface area contributed by atoms with Crippen molar-refractivity contribution in [2.75, 3.05) is 14.1 Å². The molecule has 0 saturated heterocycles. The molecule has 0 aliphatic rings. The van der Waals surface area contributed by atoms with Crippen LogP contribution in [0.5, 0.6) is 5.75 Å². The molecule has 0 unspecified atom stereocenters. The third-order valence-electron chi connectivity index (χ3n) is 4.59. The lowest BCUT2D eigenvalue weighted by atomic mass is 10.2. The van der Waals surface area contributed by atoms with Gasteiger partial charge in [-0.15, -0.1) is 0 Å². The Hall–Kier alpha value is -2.87. The van der Waals surface area contributed by atoms with Crippen LogP contribution >= 0.6 is 11.6 Å². The SMILES string of the molecule is CN(C)S(=O)(=O)c1ccc(Cl)c(C(=O)NCc2ccc(OCc3ccccc3)cc2)c1. The van der Waals surface area contributed by atoms with Gasteiger partial charge in [0.25, 0.3) is 5.91 Å². The van der Waals surface area contributed by atoms with E-state index in [-0.39, 0.29) is 22.0 Å². The van der Waals surface area contributed by atoms with Gasteiger partial charge in [0.05, 0.1) is 15.5 Å². The standard InChI is InChI=1S/C23H23ClN2O4S/c1-26(2)31(28,29)20-12-13-22(24)21(14-20)23(27)25-15-17-8-10-19(11-9-17)30-16-18-6-4-3-5-7-18/h3-14H,15-16H2,1-2H3,(H,25,27). The molecule has 3 rings (SSSR count). The summed E-state index contributed by atoms with van der Waals surface area (Å²) < 4.78 is 31.5. The van der Waals surface area contributed by atoms with Gasteiger partial charge in [0, 0.05) is 20.6 Å². The highest BCUT2D eigenvalue weighted by Gasteiger charge is 2.20. The molecule has 162 valence electrons. The number of nitrogens with one attached hydrogen (secondary N) is 1. The summed E-state index contributed by atoms with van der Waals surface area (Å²) in [7, 11) is -0.811. The summed E-state index contributed by atoms with van der Waals surface area (Å²) in [6, 6.07) is 21.3. The van der Waals surface area contributed by atoms with Gasteiger partial charge in [0.1, 0.15) is 12.4 Å². The van der Waals surface area contributed by atoms with Crippen molar-refractivity contribution in [3.63, 3.8) is 0 Å². The fourth-order valence-corrected chi connectivity index (χ4v) is 3.90. The van der Waals surface area contributed by atoms with E-state index in [1.54, 1.807) is 0 Å². The topological polar surface area (TPSA) is 75.7 Å². The number of sulfonamides is 1. The van der Waals surface area contributed by atoms with Gasteiger partial charge >= 0.3 is 0 Å². The Balaban J connectivity index is 1.62. The van der Waals surface area contributed by atoms with E-state index in [2.05, 4.69) is 5.32 Å². The lowest BCUT2D eigenvalue weighted by Crippen LogP contribution is -2.25. The second kappa shape index (κ2) is 9.96. The molecule has 0 aliphatic heterocycles. The fraction of sp³-hybridized carbons (Fsp3) is 0.174. The first-order valence-corrected chi connectivity index (χ1v) is 11.3. The largest absolute Gasteiger partial charge is 0.489 e. The average molecular weight is 459 g/mol. The number of hydrogen-bond acceptors (Lipinski definition) is 4. The molecular weight excluding hydrogens is 436 g/mol. The maximum absolute atomic E-state index is 12.6. The van der Waals surface area contributed by atoms with Gasteiger partial charge in [0.2, 0.25) is 10.0 Å². The van der Waals surface area contributed by atoms with Crippen molar-refractivity contribution in [3.8, 4) is 5.75 Å². The number of carbonyl (C=O) groups excluding carboxylic acids is 1. The highest BCUT2D eigenvalue weighted by molar-refractivity contribution is 7.89. The third-order valence-corrected chi connectivity index (χ3v) is 6.73. The molecule has 0 aliphatic carbocycles. The highest BCUT2D eigenvalue weighted by Crippen LogP contribution is 2.22. The zero-order valence-corrected chi connectivity index (χ0v) is 18.8. The summed E-state index contributed by atoms with van der Waals surface area (Å²) in [5.41, 5.74) is 2.05. The summed E-state index contributed by atoms with van der Waals surface area (Å²) in [6.45, 7) is 0.737. The average Bonchev–Trinajstić information content (AvgIpc) is 2.77. The van der Waals surface area contributed by atoms with Crippen LogP contribution in [0.15, 0.2) is 77.7 Å². The van der Waals surface area contributed by atoms with E-state index in [1.165, 1.54) is 32.3 Å². The number of rotatable bonds is 8. The minimum absolute atomic E-state index is 0.00645. The van der Waals surface area contributed by atoms with Gasteiger partial charge in [-0.3, -0.25) is 4.79 Å². The van der Waals surface area contributed by atoms with Crippen molar-refractivity contribution in [1.29, 1.82) is 0 Å². The van der Waals surface area contributed by atoms with Crippen molar-refractivity contribution in [2.24, 2.45) is 0 Å². The molecule has 0 bridgehead atoms. The van der Waals surface area contributed by atoms with Gasteiger partial charge in [-0.1, -0.05) is 54.1 Å². The summed E-state index contributed by atoms with van der Waals surface area (Å²) in [4.78, 5) is 12.6. The molecule has 0 spiro atoms. The Morgan fingerprint density at radius 2 is 1.65 bits per heavy atom. The number of halogens is 1. The van der Waals surface area contributed by atoms with Crippen molar-refractivity contribution >= 4 is 27.5 Å². The first-order chi connectivity index (χ1) is 14.8. The quantitative estimate of drug-likeness (QED) is 0.551. The third kappa shape index (κ3) is 5.85. The van der Waals surface area contributed by atoms with Gasteiger partial charge < -0.3 is 10.1 Å². The molecule has 1 amide bonds. The van der Waals surface area contributed by atoms with Crippen LogP contribution in [0.2, 0.25) is 5.02 Å². The zero-order chi connectivity index (χ0) is 22.4. The van der Waals surface area contributed by atoms with E-state index in [0.717, 1.165) is 21.2 Å². The van der Waals surface area contributed by atoms with Gasteiger partial charge in [-0.2, -0.15) is 0 Å². The van der Waals surface area contributed by atoms with E-state index in [9.17, 15) is 13.2 Å². The molecule has 0 saturated carbocycles. The van der Waals surface area contributed by atoms with Crippen LogP contribution in [-0.4, -0.2) is 32.7 Å². The summed E-state index contributed by atoms with van der Waals surface area (Å²) >= 11 is 6.12. The molecule has 0 heterocycles. The van der Waals surface area contributed by atoms with E-state index < -0.39 is 15.9 Å². The Kier molecular flexibility index (Phi) is 7.33. The first-order valence-electron chi connectivity index (χ1n) is 9.53. The van der Waals surface area contributed by atoms with Gasteiger partial charge in [-0.05, 0) is 41.5 Å². The maximum Gasteiger partial charge on any atom is 0.253 e. The first kappa shape index (κ1) is 22.8. The van der Waals surface area contributed by atoms with Crippen LogP contribution < -0.4 is 10.1 Å². The second-order valence-electron chi connectivity index (χ2n) is 7.03. The van der Waals surface area contributed by atoms with Crippen molar-refractivity contribution < 1.29 is 17.9 Å². The molecule has 8 heteroatoms. The van der Waals surface area contributed by atoms with Crippen LogP contribution in [0.4, 0.5) is 0 Å². The highest BCUT2D eigenvalue weighted by atomic mass is 35.5. The Morgan fingerprint density at radius 3 is 2.29 bits per heavy atom. The normalized spacial score (nSPS) is 11.4. The predicted octanol–water partition coefficient (Wildman–Crippen LogP) is 4.10. The van der Waals surface area contributed by atoms with E-state index in [1.807, 2.05) is 54.6 Å². The molecule has 31 heavy (non-hydrogen) atoms. The predicted molar refractivity (Wildman–Crippen MR) is 121 cm³/mol.